The minimum absolute atomic E-state index is 0.152. The Labute approximate surface area is 183 Å². The number of fused-ring (bicyclic) bond motifs is 2. The monoisotopic (exact) mass is 431 g/mol. The number of benzene rings is 3. The quantitative estimate of drug-likeness (QED) is 0.456. The van der Waals surface area contributed by atoms with E-state index in [-0.39, 0.29) is 17.8 Å². The van der Waals surface area contributed by atoms with Gasteiger partial charge in [-0.2, -0.15) is 0 Å². The maximum Gasteiger partial charge on any atom is 0.257 e. The number of nitrogens with one attached hydrogen (secondary N) is 2. The lowest BCUT2D eigenvalue weighted by atomic mass is 10.2. The molecule has 1 aromatic heterocycles. The summed E-state index contributed by atoms with van der Waals surface area (Å²) in [4.78, 5) is 17.0. The Morgan fingerprint density at radius 2 is 1.81 bits per heavy atom. The van der Waals surface area contributed by atoms with Crippen LogP contribution in [-0.4, -0.2) is 22.8 Å². The number of aryl methyl sites for hydroxylation is 1. The number of oxazole rings is 1. The summed E-state index contributed by atoms with van der Waals surface area (Å²) in [6, 6.07) is 18.3. The summed E-state index contributed by atoms with van der Waals surface area (Å²) < 4.78 is 16.4. The Balaban J connectivity index is 1.24. The first-order valence-electron chi connectivity index (χ1n) is 9.55. The summed E-state index contributed by atoms with van der Waals surface area (Å²) in [6.07, 6.45) is 0. The zero-order chi connectivity index (χ0) is 21.4. The van der Waals surface area contributed by atoms with E-state index in [0.717, 1.165) is 27.9 Å². The summed E-state index contributed by atoms with van der Waals surface area (Å²) >= 11 is 5.26. The topological polar surface area (TPSA) is 85.6 Å². The van der Waals surface area contributed by atoms with E-state index in [9.17, 15) is 4.79 Å². The van der Waals surface area contributed by atoms with E-state index in [1.807, 2.05) is 49.4 Å². The molecule has 5 rings (SSSR count). The third kappa shape index (κ3) is 3.93. The van der Waals surface area contributed by atoms with Crippen molar-refractivity contribution in [3.05, 3.63) is 71.8 Å². The number of aromatic nitrogens is 1. The van der Waals surface area contributed by atoms with Crippen molar-refractivity contribution in [3.8, 4) is 23.0 Å². The molecule has 7 nitrogen and oxygen atoms in total. The Morgan fingerprint density at radius 1 is 1.00 bits per heavy atom. The van der Waals surface area contributed by atoms with Crippen molar-refractivity contribution in [2.75, 3.05) is 12.1 Å². The number of nitrogens with zero attached hydrogens (tertiary/aromatic N) is 1. The van der Waals surface area contributed by atoms with Gasteiger partial charge < -0.3 is 19.2 Å². The van der Waals surface area contributed by atoms with Crippen LogP contribution in [0.4, 0.5) is 5.69 Å². The van der Waals surface area contributed by atoms with Crippen LogP contribution in [0.5, 0.6) is 11.5 Å². The number of hydrogen-bond donors (Lipinski definition) is 2. The number of rotatable bonds is 3. The van der Waals surface area contributed by atoms with Crippen molar-refractivity contribution in [2.24, 2.45) is 0 Å². The molecule has 31 heavy (non-hydrogen) atoms. The van der Waals surface area contributed by atoms with Gasteiger partial charge in [-0.3, -0.25) is 10.1 Å². The second-order valence-electron chi connectivity index (χ2n) is 7.04. The molecule has 154 valence electrons. The van der Waals surface area contributed by atoms with Gasteiger partial charge in [0.25, 0.3) is 5.91 Å². The maximum absolute atomic E-state index is 12.4. The molecule has 0 bridgehead atoms. The molecule has 0 radical (unpaired) electrons. The number of carbonyl (C=O) groups is 1. The predicted octanol–water partition coefficient (Wildman–Crippen LogP) is 4.66. The normalized spacial score (nSPS) is 12.0. The summed E-state index contributed by atoms with van der Waals surface area (Å²) in [5.41, 5.74) is 4.68. The molecule has 2 N–H and O–H groups in total. The smallest absolute Gasteiger partial charge is 0.257 e. The first-order chi connectivity index (χ1) is 15.0. The summed E-state index contributed by atoms with van der Waals surface area (Å²) in [5.74, 6) is 1.36. The van der Waals surface area contributed by atoms with Gasteiger partial charge in [-0.15, -0.1) is 0 Å². The lowest BCUT2D eigenvalue weighted by Crippen LogP contribution is -2.34. The fourth-order valence-corrected chi connectivity index (χ4v) is 3.44. The number of ether oxygens (including phenoxy) is 2. The Morgan fingerprint density at radius 3 is 2.65 bits per heavy atom. The molecule has 4 aromatic rings. The number of amides is 1. The molecule has 2 heterocycles. The molecule has 1 amide bonds. The van der Waals surface area contributed by atoms with Crippen molar-refractivity contribution in [1.82, 2.24) is 10.3 Å². The van der Waals surface area contributed by atoms with Crippen molar-refractivity contribution in [1.29, 1.82) is 0 Å². The zero-order valence-electron chi connectivity index (χ0n) is 16.5. The predicted molar refractivity (Wildman–Crippen MR) is 120 cm³/mol. The average Bonchev–Trinajstić information content (AvgIpc) is 3.40. The van der Waals surface area contributed by atoms with E-state index in [1.54, 1.807) is 18.2 Å². The van der Waals surface area contributed by atoms with Crippen molar-refractivity contribution in [2.45, 2.75) is 6.92 Å². The van der Waals surface area contributed by atoms with Gasteiger partial charge >= 0.3 is 0 Å². The lowest BCUT2D eigenvalue weighted by Gasteiger charge is -2.10. The van der Waals surface area contributed by atoms with Gasteiger partial charge in [-0.1, -0.05) is 6.07 Å². The van der Waals surface area contributed by atoms with Crippen LogP contribution in [0.25, 0.3) is 22.6 Å². The van der Waals surface area contributed by atoms with Crippen LogP contribution in [0.1, 0.15) is 15.9 Å². The number of anilines is 1. The highest BCUT2D eigenvalue weighted by Gasteiger charge is 2.17. The molecule has 0 atom stereocenters. The van der Waals surface area contributed by atoms with Gasteiger partial charge in [0.1, 0.15) is 5.52 Å². The van der Waals surface area contributed by atoms with Gasteiger partial charge in [0.05, 0.1) is 0 Å². The molecule has 0 aliphatic carbocycles. The van der Waals surface area contributed by atoms with Gasteiger partial charge in [0, 0.05) is 16.8 Å². The van der Waals surface area contributed by atoms with E-state index >= 15 is 0 Å². The van der Waals surface area contributed by atoms with Crippen LogP contribution in [0.3, 0.4) is 0 Å². The molecule has 0 unspecified atom stereocenters. The van der Waals surface area contributed by atoms with Crippen molar-refractivity contribution >= 4 is 40.0 Å². The van der Waals surface area contributed by atoms with Crippen LogP contribution in [0.2, 0.25) is 0 Å². The van der Waals surface area contributed by atoms with Crippen LogP contribution >= 0.6 is 12.2 Å². The molecule has 0 fully saturated rings. The van der Waals surface area contributed by atoms with Gasteiger partial charge in [0.15, 0.2) is 22.2 Å². The van der Waals surface area contributed by atoms with Gasteiger partial charge in [-0.05, 0) is 79.3 Å². The molecular formula is C23H17N3O4S. The lowest BCUT2D eigenvalue weighted by molar-refractivity contribution is 0.0977. The highest BCUT2D eigenvalue weighted by molar-refractivity contribution is 7.80. The fourth-order valence-electron chi connectivity index (χ4n) is 3.23. The van der Waals surface area contributed by atoms with E-state index in [4.69, 9.17) is 26.1 Å². The van der Waals surface area contributed by atoms with Crippen LogP contribution in [0, 0.1) is 6.92 Å². The third-order valence-electron chi connectivity index (χ3n) is 4.80. The highest BCUT2D eigenvalue weighted by Crippen LogP contribution is 2.32. The second kappa shape index (κ2) is 7.73. The first-order valence-corrected chi connectivity index (χ1v) is 9.95. The number of carbonyl (C=O) groups excluding carboxylic acids is 1. The minimum atomic E-state index is -0.339. The van der Waals surface area contributed by atoms with Gasteiger partial charge in [0.2, 0.25) is 12.7 Å². The molecule has 0 spiro atoms. The Hall–Kier alpha value is -3.91. The van der Waals surface area contributed by atoms with Crippen molar-refractivity contribution < 1.29 is 18.7 Å². The Kier molecular flexibility index (Phi) is 4.76. The molecule has 0 saturated heterocycles. The summed E-state index contributed by atoms with van der Waals surface area (Å²) in [6.45, 7) is 2.16. The maximum atomic E-state index is 12.4. The van der Waals surface area contributed by atoms with E-state index in [1.165, 1.54) is 0 Å². The average molecular weight is 431 g/mol. The Bertz CT molecular complexity index is 1310. The molecule has 1 aliphatic heterocycles. The largest absolute Gasteiger partial charge is 0.454 e. The highest BCUT2D eigenvalue weighted by atomic mass is 32.1. The van der Waals surface area contributed by atoms with E-state index in [0.29, 0.717) is 23.0 Å². The van der Waals surface area contributed by atoms with Crippen molar-refractivity contribution in [3.63, 3.8) is 0 Å². The van der Waals surface area contributed by atoms with Gasteiger partial charge in [-0.25, -0.2) is 4.98 Å². The third-order valence-corrected chi connectivity index (χ3v) is 5.00. The zero-order valence-corrected chi connectivity index (χ0v) is 17.3. The standard InChI is InChI=1S/C23H17N3O4S/c1-13-2-8-17-19(10-13)30-22(25-17)14-3-6-16(7-4-14)24-23(31)26-21(27)15-5-9-18-20(11-15)29-12-28-18/h2-11H,12H2,1H3,(H2,24,26,27,31). The van der Waals surface area contributed by atoms with Crippen LogP contribution < -0.4 is 20.1 Å². The SMILES string of the molecule is Cc1ccc2nc(-c3ccc(NC(=S)NC(=O)c4ccc5c(c4)OCO5)cc3)oc2c1. The van der Waals surface area contributed by atoms with E-state index in [2.05, 4.69) is 15.6 Å². The summed E-state index contributed by atoms with van der Waals surface area (Å²) in [5, 5.41) is 5.85. The van der Waals surface area contributed by atoms with Crippen LogP contribution in [0.15, 0.2) is 65.1 Å². The fraction of sp³-hybridized carbons (Fsp3) is 0.0870. The summed E-state index contributed by atoms with van der Waals surface area (Å²) in [7, 11) is 0. The number of hydrogen-bond acceptors (Lipinski definition) is 6. The number of thiocarbonyl (C=S) groups is 1. The second-order valence-corrected chi connectivity index (χ2v) is 7.45. The van der Waals surface area contributed by atoms with Crippen LogP contribution in [-0.2, 0) is 0 Å². The molecule has 3 aromatic carbocycles. The molecular weight excluding hydrogens is 414 g/mol. The minimum Gasteiger partial charge on any atom is -0.454 e. The molecule has 8 heteroatoms. The van der Waals surface area contributed by atoms with E-state index < -0.39 is 0 Å². The molecule has 1 aliphatic rings. The molecule has 0 saturated carbocycles. The first kappa shape index (κ1) is 19.1.